The van der Waals surface area contributed by atoms with Crippen molar-refractivity contribution >= 4 is 27.7 Å². The maximum Gasteiger partial charge on any atom is 0.191 e. The van der Waals surface area contributed by atoms with Gasteiger partial charge in [0.15, 0.2) is 11.0 Å². The topological polar surface area (TPSA) is 49.2 Å². The van der Waals surface area contributed by atoms with E-state index in [0.29, 0.717) is 13.2 Å². The van der Waals surface area contributed by atoms with E-state index in [-0.39, 0.29) is 11.9 Å². The minimum atomic E-state index is -0.266. The van der Waals surface area contributed by atoms with Gasteiger partial charge in [-0.15, -0.1) is 10.2 Å². The second-order valence-electron chi connectivity index (χ2n) is 6.71. The molecule has 0 radical (unpaired) electrons. The van der Waals surface area contributed by atoms with Crippen LogP contribution < -0.4 is 4.74 Å². The monoisotopic (exact) mass is 477 g/mol. The quantitative estimate of drug-likeness (QED) is 0.329. The van der Waals surface area contributed by atoms with Crippen LogP contribution in [0.4, 0.5) is 4.39 Å². The van der Waals surface area contributed by atoms with Gasteiger partial charge >= 0.3 is 0 Å². The van der Waals surface area contributed by atoms with E-state index in [4.69, 9.17) is 9.47 Å². The minimum absolute atomic E-state index is 0.155. The molecule has 29 heavy (non-hydrogen) atoms. The summed E-state index contributed by atoms with van der Waals surface area (Å²) in [5.41, 5.74) is 0.842. The Morgan fingerprint density at radius 3 is 2.83 bits per heavy atom. The van der Waals surface area contributed by atoms with Crippen molar-refractivity contribution in [1.82, 2.24) is 14.8 Å². The van der Waals surface area contributed by atoms with E-state index in [9.17, 15) is 4.39 Å². The molecule has 0 spiro atoms. The van der Waals surface area contributed by atoms with Crippen molar-refractivity contribution in [2.24, 2.45) is 0 Å². The Bertz CT molecular complexity index is 945. The molecule has 0 aliphatic carbocycles. The molecule has 1 saturated heterocycles. The molecule has 0 amide bonds. The van der Waals surface area contributed by atoms with E-state index in [1.807, 2.05) is 24.3 Å². The van der Waals surface area contributed by atoms with Gasteiger partial charge in [-0.3, -0.25) is 4.57 Å². The number of thioether (sulfide) groups is 1. The number of nitrogens with zero attached hydrogens (tertiary/aromatic N) is 3. The molecule has 152 valence electrons. The minimum Gasteiger partial charge on any atom is -0.493 e. The third-order valence-electron chi connectivity index (χ3n) is 4.61. The molecule has 0 N–H and O–H groups in total. The zero-order valence-corrected chi connectivity index (χ0v) is 18.2. The first-order valence-electron chi connectivity index (χ1n) is 9.51. The zero-order valence-electron chi connectivity index (χ0n) is 15.8. The summed E-state index contributed by atoms with van der Waals surface area (Å²) in [6.45, 7) is 2.04. The largest absolute Gasteiger partial charge is 0.493 e. The van der Waals surface area contributed by atoms with Crippen molar-refractivity contribution in [2.45, 2.75) is 30.6 Å². The van der Waals surface area contributed by atoms with E-state index < -0.39 is 0 Å². The average molecular weight is 478 g/mol. The van der Waals surface area contributed by atoms with Gasteiger partial charge in [0.05, 0.1) is 19.3 Å². The maximum atomic E-state index is 13.3. The summed E-state index contributed by atoms with van der Waals surface area (Å²) in [5.74, 6) is 2.03. The molecule has 1 aliphatic rings. The lowest BCUT2D eigenvalue weighted by atomic mass is 10.2. The Balaban J connectivity index is 1.45. The number of hydrogen-bond acceptors (Lipinski definition) is 5. The van der Waals surface area contributed by atoms with Crippen LogP contribution in [0.5, 0.6) is 5.75 Å². The van der Waals surface area contributed by atoms with E-state index in [0.717, 1.165) is 52.0 Å². The Kier molecular flexibility index (Phi) is 6.84. The second-order valence-corrected chi connectivity index (χ2v) is 8.69. The summed E-state index contributed by atoms with van der Waals surface area (Å²) >= 11 is 5.04. The van der Waals surface area contributed by atoms with Crippen molar-refractivity contribution < 1.29 is 13.9 Å². The third kappa shape index (κ3) is 5.38. The van der Waals surface area contributed by atoms with Crippen LogP contribution in [0.1, 0.15) is 12.8 Å². The smallest absolute Gasteiger partial charge is 0.191 e. The molecular formula is C21H21BrFN3O2S. The van der Waals surface area contributed by atoms with Gasteiger partial charge in [-0.1, -0.05) is 33.8 Å². The Morgan fingerprint density at radius 1 is 1.21 bits per heavy atom. The summed E-state index contributed by atoms with van der Waals surface area (Å²) in [5, 5.41) is 9.57. The molecule has 1 unspecified atom stereocenters. The first-order valence-corrected chi connectivity index (χ1v) is 11.3. The predicted octanol–water partition coefficient (Wildman–Crippen LogP) is 5.20. The first-order chi connectivity index (χ1) is 14.2. The normalized spacial score (nSPS) is 16.3. The molecule has 3 aromatic rings. The maximum absolute atomic E-state index is 13.3. The fourth-order valence-corrected chi connectivity index (χ4v) is 4.36. The van der Waals surface area contributed by atoms with Gasteiger partial charge in [-0.2, -0.15) is 0 Å². The Labute approximate surface area is 181 Å². The van der Waals surface area contributed by atoms with Gasteiger partial charge in [-0.25, -0.2) is 4.39 Å². The number of ether oxygens (including phenoxy) is 2. The second kappa shape index (κ2) is 9.73. The molecule has 0 bridgehead atoms. The number of halogens is 2. The molecule has 1 aliphatic heterocycles. The molecule has 2 heterocycles. The van der Waals surface area contributed by atoms with Crippen LogP contribution in [0.15, 0.2) is 58.2 Å². The summed E-state index contributed by atoms with van der Waals surface area (Å²) in [7, 11) is 0. The lowest BCUT2D eigenvalue weighted by Gasteiger charge is -2.15. The summed E-state index contributed by atoms with van der Waals surface area (Å²) < 4.78 is 28.0. The van der Waals surface area contributed by atoms with Crippen LogP contribution in [0.2, 0.25) is 0 Å². The van der Waals surface area contributed by atoms with Crippen molar-refractivity contribution in [2.75, 3.05) is 19.0 Å². The molecule has 1 atom stereocenters. The van der Waals surface area contributed by atoms with Crippen LogP contribution >= 0.6 is 27.7 Å². The highest BCUT2D eigenvalue weighted by atomic mass is 79.9. The molecule has 0 saturated carbocycles. The fraction of sp³-hybridized carbons (Fsp3) is 0.333. The van der Waals surface area contributed by atoms with Gasteiger partial charge in [0.2, 0.25) is 0 Å². The van der Waals surface area contributed by atoms with Gasteiger partial charge in [-0.05, 0) is 55.3 Å². The zero-order chi connectivity index (χ0) is 20.1. The van der Waals surface area contributed by atoms with E-state index in [2.05, 4.69) is 30.7 Å². The van der Waals surface area contributed by atoms with Crippen LogP contribution in [0, 0.1) is 5.82 Å². The average Bonchev–Trinajstić information content (AvgIpc) is 3.37. The van der Waals surface area contributed by atoms with Crippen molar-refractivity contribution in [1.29, 1.82) is 0 Å². The van der Waals surface area contributed by atoms with Gasteiger partial charge in [0, 0.05) is 22.4 Å². The summed E-state index contributed by atoms with van der Waals surface area (Å²) in [6, 6.07) is 14.1. The van der Waals surface area contributed by atoms with Gasteiger partial charge < -0.3 is 9.47 Å². The SMILES string of the molecule is Fc1ccc(-c2nnc(SCCOc3cccc(Br)c3)n2CC2CCCO2)cc1. The number of hydrogen-bond donors (Lipinski definition) is 0. The van der Waals surface area contributed by atoms with Crippen molar-refractivity contribution in [3.05, 3.63) is 58.8 Å². The Hall–Kier alpha value is -1.90. The summed E-state index contributed by atoms with van der Waals surface area (Å²) in [4.78, 5) is 0. The fourth-order valence-electron chi connectivity index (χ4n) is 3.21. The van der Waals surface area contributed by atoms with Crippen LogP contribution in [-0.4, -0.2) is 39.8 Å². The number of benzene rings is 2. The van der Waals surface area contributed by atoms with E-state index in [1.165, 1.54) is 12.1 Å². The van der Waals surface area contributed by atoms with Gasteiger partial charge in [0.25, 0.3) is 0 Å². The van der Waals surface area contributed by atoms with Crippen LogP contribution in [0.3, 0.4) is 0 Å². The molecule has 5 nitrogen and oxygen atoms in total. The molecule has 4 rings (SSSR count). The molecule has 1 aromatic heterocycles. The number of aromatic nitrogens is 3. The van der Waals surface area contributed by atoms with Crippen LogP contribution in [-0.2, 0) is 11.3 Å². The molecular weight excluding hydrogens is 457 g/mol. The molecule has 2 aromatic carbocycles. The van der Waals surface area contributed by atoms with Crippen LogP contribution in [0.25, 0.3) is 11.4 Å². The summed E-state index contributed by atoms with van der Waals surface area (Å²) in [6.07, 6.45) is 2.25. The lowest BCUT2D eigenvalue weighted by Crippen LogP contribution is -2.17. The highest BCUT2D eigenvalue weighted by Crippen LogP contribution is 2.27. The van der Waals surface area contributed by atoms with Crippen molar-refractivity contribution in [3.8, 4) is 17.1 Å². The highest BCUT2D eigenvalue weighted by Gasteiger charge is 2.21. The Morgan fingerprint density at radius 2 is 2.07 bits per heavy atom. The number of rotatable bonds is 8. The van der Waals surface area contributed by atoms with Gasteiger partial charge in [0.1, 0.15) is 11.6 Å². The standard InChI is InChI=1S/C21H21BrFN3O2S/c22-16-3-1-4-18(13-16)28-11-12-29-21-25-24-20(15-6-8-17(23)9-7-15)26(21)14-19-5-2-10-27-19/h1,3-4,6-9,13,19H,2,5,10-12,14H2. The van der Waals surface area contributed by atoms with E-state index >= 15 is 0 Å². The molecule has 1 fully saturated rings. The lowest BCUT2D eigenvalue weighted by molar-refractivity contribution is 0.0953. The van der Waals surface area contributed by atoms with E-state index in [1.54, 1.807) is 23.9 Å². The predicted molar refractivity (Wildman–Crippen MR) is 115 cm³/mol. The first kappa shape index (κ1) is 20.4. The third-order valence-corrected chi connectivity index (χ3v) is 6.03. The highest BCUT2D eigenvalue weighted by molar-refractivity contribution is 9.10. The molecule has 8 heteroatoms. The van der Waals surface area contributed by atoms with Crippen molar-refractivity contribution in [3.63, 3.8) is 0 Å².